The molecule has 1 aliphatic rings. The summed E-state index contributed by atoms with van der Waals surface area (Å²) in [6, 6.07) is 4.32. The van der Waals surface area contributed by atoms with E-state index in [0.29, 0.717) is 16.5 Å². The lowest BCUT2D eigenvalue weighted by atomic mass is 9.91. The molecule has 0 saturated heterocycles. The summed E-state index contributed by atoms with van der Waals surface area (Å²) in [5.41, 5.74) is 6.79. The Morgan fingerprint density at radius 3 is 2.56 bits per heavy atom. The minimum atomic E-state index is -0.388. The van der Waals surface area contributed by atoms with Crippen LogP contribution in [0, 0.1) is 16.0 Å². The van der Waals surface area contributed by atoms with Gasteiger partial charge in [-0.05, 0) is 30.9 Å². The van der Waals surface area contributed by atoms with Gasteiger partial charge in [-0.2, -0.15) is 0 Å². The van der Waals surface area contributed by atoms with Gasteiger partial charge in [-0.25, -0.2) is 0 Å². The normalized spacial score (nSPS) is 17.2. The topological polar surface area (TPSA) is 69.2 Å². The van der Waals surface area contributed by atoms with Crippen molar-refractivity contribution in [2.45, 2.75) is 31.7 Å². The summed E-state index contributed by atoms with van der Waals surface area (Å²) >= 11 is 5.89. The Labute approximate surface area is 117 Å². The second-order valence-electron chi connectivity index (χ2n) is 4.53. The summed E-state index contributed by atoms with van der Waals surface area (Å²) in [5, 5.41) is 11.5. The van der Waals surface area contributed by atoms with E-state index in [1.807, 2.05) is 0 Å². The Hall–Kier alpha value is -0.840. The summed E-state index contributed by atoms with van der Waals surface area (Å²) in [5.74, 6) is 0.340. The summed E-state index contributed by atoms with van der Waals surface area (Å²) in [7, 11) is 0. The molecule has 0 spiro atoms. The van der Waals surface area contributed by atoms with Crippen LogP contribution in [0.1, 0.15) is 37.3 Å². The Balaban J connectivity index is 0.00000162. The van der Waals surface area contributed by atoms with E-state index in [1.165, 1.54) is 12.1 Å². The molecule has 0 amide bonds. The van der Waals surface area contributed by atoms with Crippen molar-refractivity contribution < 1.29 is 4.92 Å². The first-order valence-corrected chi connectivity index (χ1v) is 6.17. The van der Waals surface area contributed by atoms with E-state index < -0.39 is 0 Å². The lowest BCUT2D eigenvalue weighted by molar-refractivity contribution is -0.385. The number of nitrogens with two attached hydrogens (primary N) is 1. The van der Waals surface area contributed by atoms with Gasteiger partial charge in [0.15, 0.2) is 0 Å². The van der Waals surface area contributed by atoms with Gasteiger partial charge >= 0.3 is 0 Å². The molecule has 0 unspecified atom stereocenters. The largest absolute Gasteiger partial charge is 0.324 e. The van der Waals surface area contributed by atoms with Gasteiger partial charge in [0.25, 0.3) is 5.69 Å². The molecule has 100 valence electrons. The summed E-state index contributed by atoms with van der Waals surface area (Å²) < 4.78 is 0. The molecule has 0 aliphatic heterocycles. The molecule has 1 saturated carbocycles. The van der Waals surface area contributed by atoms with E-state index in [4.69, 9.17) is 17.3 Å². The maximum atomic E-state index is 11.0. The molecule has 1 aromatic carbocycles. The predicted molar refractivity (Wildman–Crippen MR) is 74.2 cm³/mol. The summed E-state index contributed by atoms with van der Waals surface area (Å²) in [4.78, 5) is 10.6. The van der Waals surface area contributed by atoms with Crippen molar-refractivity contribution in [2.24, 2.45) is 11.7 Å². The van der Waals surface area contributed by atoms with Crippen molar-refractivity contribution in [2.75, 3.05) is 0 Å². The standard InChI is InChI=1S/C12H15ClN2O2.ClH/c13-9-5-6-11(15(16)17)10(7-9)12(14)8-3-1-2-4-8;/h5-8,12H,1-4,14H2;1H/t12-;/m0./s1. The van der Waals surface area contributed by atoms with Crippen LogP contribution in [0.2, 0.25) is 5.02 Å². The third-order valence-electron chi connectivity index (χ3n) is 3.45. The number of nitrogens with zero attached hydrogens (tertiary/aromatic N) is 1. The molecular weight excluding hydrogens is 275 g/mol. The monoisotopic (exact) mass is 290 g/mol. The number of benzene rings is 1. The fraction of sp³-hybridized carbons (Fsp3) is 0.500. The van der Waals surface area contributed by atoms with Crippen molar-refractivity contribution in [1.82, 2.24) is 0 Å². The zero-order valence-corrected chi connectivity index (χ0v) is 11.4. The van der Waals surface area contributed by atoms with Gasteiger partial charge < -0.3 is 5.73 Å². The summed E-state index contributed by atoms with van der Waals surface area (Å²) in [6.45, 7) is 0. The third kappa shape index (κ3) is 3.13. The van der Waals surface area contributed by atoms with Crippen LogP contribution in [0.5, 0.6) is 0 Å². The molecule has 0 bridgehead atoms. The van der Waals surface area contributed by atoms with E-state index in [-0.39, 0.29) is 29.1 Å². The third-order valence-corrected chi connectivity index (χ3v) is 3.69. The molecule has 1 atom stereocenters. The fourth-order valence-electron chi connectivity index (χ4n) is 2.53. The first kappa shape index (κ1) is 15.2. The minimum absolute atomic E-state index is 0. The molecule has 0 radical (unpaired) electrons. The lowest BCUT2D eigenvalue weighted by Crippen LogP contribution is -2.20. The number of halogens is 2. The maximum Gasteiger partial charge on any atom is 0.274 e. The quantitative estimate of drug-likeness (QED) is 0.679. The zero-order chi connectivity index (χ0) is 12.4. The predicted octanol–water partition coefficient (Wildman–Crippen LogP) is 3.86. The molecule has 4 nitrogen and oxygen atoms in total. The number of nitro benzene ring substituents is 1. The van der Waals surface area contributed by atoms with Crippen molar-refractivity contribution >= 4 is 29.7 Å². The van der Waals surface area contributed by atoms with Crippen LogP contribution in [0.4, 0.5) is 5.69 Å². The van der Waals surface area contributed by atoms with E-state index in [0.717, 1.165) is 25.7 Å². The molecule has 0 heterocycles. The van der Waals surface area contributed by atoms with Crippen LogP contribution in [0.3, 0.4) is 0 Å². The van der Waals surface area contributed by atoms with Crippen molar-refractivity contribution in [3.8, 4) is 0 Å². The van der Waals surface area contributed by atoms with Gasteiger partial charge in [-0.15, -0.1) is 12.4 Å². The van der Waals surface area contributed by atoms with Crippen LogP contribution in [-0.4, -0.2) is 4.92 Å². The molecule has 6 heteroatoms. The van der Waals surface area contributed by atoms with Crippen molar-refractivity contribution in [3.63, 3.8) is 0 Å². The highest BCUT2D eigenvalue weighted by atomic mass is 35.5. The van der Waals surface area contributed by atoms with Gasteiger partial charge in [-0.3, -0.25) is 10.1 Å². The average Bonchev–Trinajstić information content (AvgIpc) is 2.80. The van der Waals surface area contributed by atoms with Crippen LogP contribution >= 0.6 is 24.0 Å². The van der Waals surface area contributed by atoms with Crippen molar-refractivity contribution in [3.05, 3.63) is 38.9 Å². The molecule has 1 aromatic rings. The van der Waals surface area contributed by atoms with Crippen LogP contribution < -0.4 is 5.73 Å². The zero-order valence-electron chi connectivity index (χ0n) is 9.84. The van der Waals surface area contributed by atoms with E-state index in [1.54, 1.807) is 6.07 Å². The first-order chi connectivity index (χ1) is 8.09. The van der Waals surface area contributed by atoms with E-state index in [9.17, 15) is 10.1 Å². The van der Waals surface area contributed by atoms with Crippen LogP contribution in [0.25, 0.3) is 0 Å². The molecule has 1 aliphatic carbocycles. The highest BCUT2D eigenvalue weighted by Crippen LogP contribution is 2.38. The Kier molecular flexibility index (Phi) is 5.38. The molecule has 0 aromatic heterocycles. The number of rotatable bonds is 3. The van der Waals surface area contributed by atoms with E-state index >= 15 is 0 Å². The number of nitro groups is 1. The van der Waals surface area contributed by atoms with Gasteiger partial charge in [0.1, 0.15) is 0 Å². The first-order valence-electron chi connectivity index (χ1n) is 5.79. The SMILES string of the molecule is Cl.N[C@H](c1cc(Cl)ccc1[N+](=O)[O-])C1CCCC1. The molecule has 2 N–H and O–H groups in total. The van der Waals surface area contributed by atoms with Gasteiger partial charge in [0.2, 0.25) is 0 Å². The van der Waals surface area contributed by atoms with Crippen LogP contribution in [-0.2, 0) is 0 Å². The maximum absolute atomic E-state index is 11.0. The van der Waals surface area contributed by atoms with Gasteiger partial charge in [0, 0.05) is 22.7 Å². The minimum Gasteiger partial charge on any atom is -0.324 e. The highest BCUT2D eigenvalue weighted by Gasteiger charge is 2.28. The molecular formula is C12H16Cl2N2O2. The van der Waals surface area contributed by atoms with Gasteiger partial charge in [0.05, 0.1) is 4.92 Å². The average molecular weight is 291 g/mol. The number of hydrogen-bond donors (Lipinski definition) is 1. The Morgan fingerprint density at radius 1 is 1.39 bits per heavy atom. The molecule has 18 heavy (non-hydrogen) atoms. The summed E-state index contributed by atoms with van der Waals surface area (Å²) in [6.07, 6.45) is 4.41. The van der Waals surface area contributed by atoms with Gasteiger partial charge in [-0.1, -0.05) is 24.4 Å². The van der Waals surface area contributed by atoms with E-state index in [2.05, 4.69) is 0 Å². The lowest BCUT2D eigenvalue weighted by Gasteiger charge is -2.19. The number of hydrogen-bond acceptors (Lipinski definition) is 3. The van der Waals surface area contributed by atoms with Crippen LogP contribution in [0.15, 0.2) is 18.2 Å². The Morgan fingerprint density at radius 2 is 2.00 bits per heavy atom. The van der Waals surface area contributed by atoms with Crippen molar-refractivity contribution in [1.29, 1.82) is 0 Å². The smallest absolute Gasteiger partial charge is 0.274 e. The molecule has 2 rings (SSSR count). The molecule has 1 fully saturated rings. The Bertz CT molecular complexity index is 434. The fourth-order valence-corrected chi connectivity index (χ4v) is 2.71. The second-order valence-corrected chi connectivity index (χ2v) is 4.97. The highest BCUT2D eigenvalue weighted by molar-refractivity contribution is 6.30. The second kappa shape index (κ2) is 6.36.